The van der Waals surface area contributed by atoms with E-state index >= 15 is 0 Å². The van der Waals surface area contributed by atoms with Gasteiger partial charge >= 0.3 is 0 Å². The number of rotatable bonds is 1. The average molecular weight is 260 g/mol. The highest BCUT2D eigenvalue weighted by Gasteiger charge is 2.08. The molecule has 0 aliphatic heterocycles. The van der Waals surface area contributed by atoms with Crippen molar-refractivity contribution in [3.63, 3.8) is 0 Å². The minimum absolute atomic E-state index is 0.829. The number of hydrogen-bond donors (Lipinski definition) is 1. The fourth-order valence-corrected chi connectivity index (χ4v) is 2.55. The summed E-state index contributed by atoms with van der Waals surface area (Å²) in [4.78, 5) is 5.62. The smallest absolute Gasteiger partial charge is 0.110 e. The van der Waals surface area contributed by atoms with Crippen molar-refractivity contribution < 1.29 is 0 Å². The number of benzene rings is 2. The Bertz CT molecular complexity index is 924. The molecule has 4 rings (SSSR count). The second-order valence-electron chi connectivity index (χ2n) is 4.77. The normalized spacial score (nSPS) is 11.2. The molecule has 0 atom stereocenters. The lowest BCUT2D eigenvalue weighted by molar-refractivity contribution is 0.861. The SMILES string of the molecule is Nn1ncc2c(-c3ccc4ccccc4c3)cncc21. The minimum atomic E-state index is 0.829. The second kappa shape index (κ2) is 4.06. The van der Waals surface area contributed by atoms with Gasteiger partial charge in [-0.1, -0.05) is 36.4 Å². The summed E-state index contributed by atoms with van der Waals surface area (Å²) in [5, 5.41) is 7.55. The van der Waals surface area contributed by atoms with Gasteiger partial charge in [0, 0.05) is 17.1 Å². The molecule has 0 aliphatic carbocycles. The van der Waals surface area contributed by atoms with Crippen LogP contribution in [0.2, 0.25) is 0 Å². The lowest BCUT2D eigenvalue weighted by Gasteiger charge is -2.05. The summed E-state index contributed by atoms with van der Waals surface area (Å²) in [6.07, 6.45) is 5.36. The summed E-state index contributed by atoms with van der Waals surface area (Å²) < 4.78 is 0. The Labute approximate surface area is 115 Å². The Morgan fingerprint density at radius 3 is 2.65 bits per heavy atom. The fraction of sp³-hybridized carbons (Fsp3) is 0. The number of hydrogen-bond acceptors (Lipinski definition) is 3. The molecule has 0 bridgehead atoms. The molecule has 0 amide bonds. The van der Waals surface area contributed by atoms with Gasteiger partial charge in [-0.3, -0.25) is 4.98 Å². The van der Waals surface area contributed by atoms with E-state index in [1.165, 1.54) is 15.6 Å². The van der Waals surface area contributed by atoms with Crippen LogP contribution in [-0.4, -0.2) is 14.9 Å². The van der Waals surface area contributed by atoms with Crippen molar-refractivity contribution in [1.82, 2.24) is 14.9 Å². The largest absolute Gasteiger partial charge is 0.323 e. The number of nitrogen functional groups attached to an aromatic ring is 1. The molecule has 96 valence electrons. The van der Waals surface area contributed by atoms with Crippen molar-refractivity contribution >= 4 is 21.7 Å². The zero-order chi connectivity index (χ0) is 13.5. The van der Waals surface area contributed by atoms with Gasteiger partial charge in [0.2, 0.25) is 0 Å². The first kappa shape index (κ1) is 11.0. The molecule has 0 aliphatic rings. The zero-order valence-electron chi connectivity index (χ0n) is 10.7. The molecule has 2 heterocycles. The van der Waals surface area contributed by atoms with Crippen LogP contribution in [0.15, 0.2) is 61.1 Å². The van der Waals surface area contributed by atoms with Crippen LogP contribution >= 0.6 is 0 Å². The van der Waals surface area contributed by atoms with E-state index in [4.69, 9.17) is 5.84 Å². The Kier molecular flexibility index (Phi) is 2.23. The van der Waals surface area contributed by atoms with Gasteiger partial charge in [-0.25, -0.2) is 0 Å². The van der Waals surface area contributed by atoms with Crippen molar-refractivity contribution in [2.45, 2.75) is 0 Å². The highest BCUT2D eigenvalue weighted by atomic mass is 15.5. The molecule has 0 saturated carbocycles. The van der Waals surface area contributed by atoms with Crippen LogP contribution in [0.5, 0.6) is 0 Å². The van der Waals surface area contributed by atoms with Gasteiger partial charge in [0.25, 0.3) is 0 Å². The van der Waals surface area contributed by atoms with Gasteiger partial charge in [-0.2, -0.15) is 9.89 Å². The zero-order valence-corrected chi connectivity index (χ0v) is 10.7. The van der Waals surface area contributed by atoms with Crippen molar-refractivity contribution in [3.05, 3.63) is 61.1 Å². The molecular formula is C16H12N4. The molecule has 0 fully saturated rings. The number of fused-ring (bicyclic) bond motifs is 2. The topological polar surface area (TPSA) is 56.7 Å². The maximum absolute atomic E-state index is 5.78. The average Bonchev–Trinajstić information content (AvgIpc) is 2.88. The van der Waals surface area contributed by atoms with E-state index in [-0.39, 0.29) is 0 Å². The molecule has 4 aromatic rings. The van der Waals surface area contributed by atoms with E-state index in [9.17, 15) is 0 Å². The van der Waals surface area contributed by atoms with Gasteiger partial charge in [-0.05, 0) is 22.4 Å². The molecule has 4 heteroatoms. The third-order valence-corrected chi connectivity index (χ3v) is 3.59. The summed E-state index contributed by atoms with van der Waals surface area (Å²) in [7, 11) is 0. The van der Waals surface area contributed by atoms with Gasteiger partial charge in [0.15, 0.2) is 0 Å². The van der Waals surface area contributed by atoms with E-state index in [1.54, 1.807) is 12.4 Å². The molecular weight excluding hydrogens is 248 g/mol. The lowest BCUT2D eigenvalue weighted by atomic mass is 10.0. The molecule has 0 spiro atoms. The third-order valence-electron chi connectivity index (χ3n) is 3.59. The molecule has 0 unspecified atom stereocenters. The second-order valence-corrected chi connectivity index (χ2v) is 4.77. The maximum Gasteiger partial charge on any atom is 0.110 e. The van der Waals surface area contributed by atoms with Crippen molar-refractivity contribution in [1.29, 1.82) is 0 Å². The molecule has 2 aromatic carbocycles. The quantitative estimate of drug-likeness (QED) is 0.535. The van der Waals surface area contributed by atoms with Crippen LogP contribution in [0.1, 0.15) is 0 Å². The summed E-state index contributed by atoms with van der Waals surface area (Å²) in [5.41, 5.74) is 3.00. The summed E-state index contributed by atoms with van der Waals surface area (Å²) >= 11 is 0. The number of aromatic nitrogens is 3. The molecule has 4 nitrogen and oxygen atoms in total. The van der Waals surface area contributed by atoms with Crippen molar-refractivity contribution in [2.24, 2.45) is 0 Å². The summed E-state index contributed by atoms with van der Waals surface area (Å²) in [6.45, 7) is 0. The molecule has 0 saturated heterocycles. The summed E-state index contributed by atoms with van der Waals surface area (Å²) in [6, 6.07) is 14.7. The molecule has 20 heavy (non-hydrogen) atoms. The fourth-order valence-electron chi connectivity index (χ4n) is 2.55. The molecule has 0 radical (unpaired) electrons. The van der Waals surface area contributed by atoms with Crippen LogP contribution in [0, 0.1) is 0 Å². The monoisotopic (exact) mass is 260 g/mol. The van der Waals surface area contributed by atoms with Crippen LogP contribution in [0.25, 0.3) is 32.8 Å². The van der Waals surface area contributed by atoms with Crippen LogP contribution < -0.4 is 5.84 Å². The molecule has 2 N–H and O–H groups in total. The highest BCUT2D eigenvalue weighted by Crippen LogP contribution is 2.29. The van der Waals surface area contributed by atoms with E-state index < -0.39 is 0 Å². The third kappa shape index (κ3) is 1.55. The van der Waals surface area contributed by atoms with Gasteiger partial charge in [0.1, 0.15) is 5.52 Å². The minimum Gasteiger partial charge on any atom is -0.323 e. The van der Waals surface area contributed by atoms with Crippen LogP contribution in [-0.2, 0) is 0 Å². The van der Waals surface area contributed by atoms with Gasteiger partial charge in [0.05, 0.1) is 12.4 Å². The number of nitrogens with two attached hydrogens (primary N) is 1. The maximum atomic E-state index is 5.78. The number of pyridine rings is 1. The Balaban J connectivity index is 2.01. The van der Waals surface area contributed by atoms with Gasteiger partial charge in [-0.15, -0.1) is 0 Å². The van der Waals surface area contributed by atoms with Crippen molar-refractivity contribution in [2.75, 3.05) is 5.84 Å². The van der Waals surface area contributed by atoms with Crippen LogP contribution in [0.4, 0.5) is 0 Å². The standard InChI is InChI=1S/C16H12N4/c17-20-16-10-18-8-14(15(16)9-19-20)13-6-5-11-3-1-2-4-12(11)7-13/h1-10H,17H2. The number of nitrogens with zero attached hydrogens (tertiary/aromatic N) is 3. The van der Waals surface area contributed by atoms with E-state index in [1.807, 2.05) is 18.3 Å². The first-order chi connectivity index (χ1) is 9.83. The van der Waals surface area contributed by atoms with Crippen LogP contribution in [0.3, 0.4) is 0 Å². The highest BCUT2D eigenvalue weighted by molar-refractivity contribution is 5.96. The Morgan fingerprint density at radius 1 is 0.900 bits per heavy atom. The van der Waals surface area contributed by atoms with E-state index in [0.717, 1.165) is 22.0 Å². The Morgan fingerprint density at radius 2 is 1.75 bits per heavy atom. The lowest BCUT2D eigenvalue weighted by Crippen LogP contribution is -2.08. The predicted octanol–water partition coefficient (Wildman–Crippen LogP) is 2.97. The van der Waals surface area contributed by atoms with Gasteiger partial charge < -0.3 is 5.84 Å². The summed E-state index contributed by atoms with van der Waals surface area (Å²) in [5.74, 6) is 5.78. The van der Waals surface area contributed by atoms with Crippen molar-refractivity contribution in [3.8, 4) is 11.1 Å². The predicted molar refractivity (Wildman–Crippen MR) is 80.6 cm³/mol. The van der Waals surface area contributed by atoms with E-state index in [2.05, 4.69) is 40.4 Å². The molecule has 2 aromatic heterocycles. The van der Waals surface area contributed by atoms with E-state index in [0.29, 0.717) is 0 Å². The first-order valence-electron chi connectivity index (χ1n) is 6.39. The Hall–Kier alpha value is -2.88. The first-order valence-corrected chi connectivity index (χ1v) is 6.39.